The van der Waals surface area contributed by atoms with Gasteiger partial charge in [0.15, 0.2) is 0 Å². The Balaban J connectivity index is 1.18. The van der Waals surface area contributed by atoms with Gasteiger partial charge in [0.1, 0.15) is 23.0 Å². The van der Waals surface area contributed by atoms with Crippen LogP contribution < -0.4 is 8.97 Å². The van der Waals surface area contributed by atoms with Gasteiger partial charge in [-0.1, -0.05) is 98.9 Å². The van der Waals surface area contributed by atoms with Crippen molar-refractivity contribution >= 4 is 50.0 Å². The van der Waals surface area contributed by atoms with Gasteiger partial charge < -0.3 is 0 Å². The van der Waals surface area contributed by atoms with E-state index < -0.39 is 0 Å². The molecule has 0 bridgehead atoms. The van der Waals surface area contributed by atoms with Crippen molar-refractivity contribution in [1.29, 1.82) is 0 Å². The summed E-state index contributed by atoms with van der Waals surface area (Å²) in [4.78, 5) is 1.09. The maximum atomic E-state index is 6.16. The molecule has 0 saturated heterocycles. The molecule has 0 aromatic heterocycles. The highest BCUT2D eigenvalue weighted by Crippen LogP contribution is 2.69. The summed E-state index contributed by atoms with van der Waals surface area (Å²) in [6.07, 6.45) is 17.3. The Kier molecular flexibility index (Phi) is 6.86. The van der Waals surface area contributed by atoms with E-state index in [1.54, 1.807) is 16.7 Å². The van der Waals surface area contributed by atoms with Gasteiger partial charge in [0, 0.05) is 58.4 Å². The number of hydrogen-bond acceptors (Lipinski definition) is 1. The predicted molar refractivity (Wildman–Crippen MR) is 215 cm³/mol. The second-order valence-corrected chi connectivity index (χ2v) is 16.7. The molecule has 49 heavy (non-hydrogen) atoms. The Morgan fingerprint density at radius 2 is 1.47 bits per heavy atom. The lowest BCUT2D eigenvalue weighted by molar-refractivity contribution is 0.283. The number of benzene rings is 4. The third-order valence-electron chi connectivity index (χ3n) is 13.4. The van der Waals surface area contributed by atoms with E-state index in [2.05, 4.69) is 145 Å². The fourth-order valence-electron chi connectivity index (χ4n) is 10.9. The Labute approximate surface area is 297 Å². The van der Waals surface area contributed by atoms with Gasteiger partial charge in [0.05, 0.1) is 28.2 Å². The first-order chi connectivity index (χ1) is 23.6. The lowest BCUT2D eigenvalue weighted by Crippen LogP contribution is -2.50. The molecular weight excluding hydrogens is 613 g/mol. The van der Waals surface area contributed by atoms with Gasteiger partial charge in [-0.05, 0) is 81.3 Å². The van der Waals surface area contributed by atoms with E-state index in [4.69, 9.17) is 12.2 Å². The maximum absolute atomic E-state index is 6.16. The van der Waals surface area contributed by atoms with Crippen LogP contribution in [0.4, 0.5) is 11.4 Å². The zero-order valence-corrected chi connectivity index (χ0v) is 30.7. The standard InChI is InChI=1S/C46H48N2S/c1-29-39(47(3,4)40-26-22-31-14-7-9-17-34(31)43(29)40)25-24-33-16-13-20-36(45(33)37-19-11-12-21-42(37)49)38-28-46(38)30(2)44-35-18-10-8-15-32(35)23-27-41(44)48(46,5)6/h7-12,14-15,17-19,22-27,29-30,39H,13,16,20-21,28H2,1-6H3/q+2. The van der Waals surface area contributed by atoms with Gasteiger partial charge in [0.2, 0.25) is 0 Å². The Hall–Kier alpha value is -3.89. The first kappa shape index (κ1) is 31.1. The van der Waals surface area contributed by atoms with Crippen LogP contribution in [-0.2, 0) is 0 Å². The normalized spacial score (nSPS) is 29.7. The van der Waals surface area contributed by atoms with Crippen LogP contribution in [0.25, 0.3) is 21.5 Å². The molecule has 3 heteroatoms. The van der Waals surface area contributed by atoms with Crippen LogP contribution in [0, 0.1) is 0 Å². The minimum Gasteiger partial charge on any atom is -0.290 e. The van der Waals surface area contributed by atoms with Gasteiger partial charge >= 0.3 is 0 Å². The van der Waals surface area contributed by atoms with Crippen molar-refractivity contribution in [2.24, 2.45) is 0 Å². The molecule has 0 amide bonds. The molecule has 4 aromatic rings. The van der Waals surface area contributed by atoms with Gasteiger partial charge in [-0.3, -0.25) is 8.97 Å². The van der Waals surface area contributed by atoms with Crippen molar-refractivity contribution in [3.63, 3.8) is 0 Å². The van der Waals surface area contributed by atoms with E-state index >= 15 is 0 Å². The van der Waals surface area contributed by atoms with Crippen molar-refractivity contribution in [3.8, 4) is 0 Å². The van der Waals surface area contributed by atoms with Crippen LogP contribution in [0.2, 0.25) is 0 Å². The van der Waals surface area contributed by atoms with Crippen LogP contribution in [0.1, 0.15) is 68.9 Å². The highest BCUT2D eigenvalue weighted by atomic mass is 32.1. The summed E-state index contributed by atoms with van der Waals surface area (Å²) in [5.41, 5.74) is 13.6. The molecule has 4 atom stereocenters. The van der Waals surface area contributed by atoms with Crippen molar-refractivity contribution in [2.75, 3.05) is 28.2 Å². The SMILES string of the molecule is CC1c2c(ccc3ccccc23)[N+](C)(C)C1C=CC1=C(C2=CC=CCC2=S)C(=C2CC23C(C)c2c(ccc4ccccc24)[N+]3(C)C)CCC1. The molecule has 0 radical (unpaired) electrons. The quantitative estimate of drug-likeness (QED) is 0.156. The van der Waals surface area contributed by atoms with Gasteiger partial charge in [-0.2, -0.15) is 0 Å². The van der Waals surface area contributed by atoms with Crippen LogP contribution in [0.5, 0.6) is 0 Å². The number of nitrogens with zero attached hydrogens (tertiary/aromatic N) is 2. The largest absolute Gasteiger partial charge is 0.290 e. The van der Waals surface area contributed by atoms with Crippen molar-refractivity contribution in [2.45, 2.75) is 69.4 Å². The van der Waals surface area contributed by atoms with Gasteiger partial charge in [-0.15, -0.1) is 0 Å². The van der Waals surface area contributed by atoms with Crippen LogP contribution >= 0.6 is 12.2 Å². The smallest absolute Gasteiger partial charge is 0.137 e. The minimum absolute atomic E-state index is 0.0907. The predicted octanol–water partition coefficient (Wildman–Crippen LogP) is 11.2. The number of rotatable bonds is 3. The Morgan fingerprint density at radius 3 is 2.18 bits per heavy atom. The molecule has 3 aliphatic carbocycles. The van der Waals surface area contributed by atoms with E-state index in [0.717, 1.165) is 39.5 Å². The molecule has 4 unspecified atom stereocenters. The second kappa shape index (κ2) is 10.8. The number of quaternary nitrogens is 2. The minimum atomic E-state index is 0.0907. The zero-order chi connectivity index (χ0) is 33.9. The second-order valence-electron chi connectivity index (χ2n) is 16.2. The number of allylic oxidation sites excluding steroid dienone is 8. The average Bonchev–Trinajstić information content (AvgIpc) is 3.80. The van der Waals surface area contributed by atoms with E-state index in [1.807, 2.05) is 0 Å². The number of hydrogen-bond donors (Lipinski definition) is 0. The molecule has 2 heterocycles. The highest BCUT2D eigenvalue weighted by molar-refractivity contribution is 7.80. The average molecular weight is 661 g/mol. The summed E-state index contributed by atoms with van der Waals surface area (Å²) < 4.78 is 1.79. The molecule has 2 aliphatic heterocycles. The zero-order valence-electron chi connectivity index (χ0n) is 29.9. The molecule has 0 N–H and O–H groups in total. The van der Waals surface area contributed by atoms with Gasteiger partial charge in [0.25, 0.3) is 0 Å². The number of fused-ring (bicyclic) bond motifs is 6. The molecule has 9 rings (SSSR count). The first-order valence-corrected chi connectivity index (χ1v) is 18.7. The van der Waals surface area contributed by atoms with Crippen molar-refractivity contribution in [1.82, 2.24) is 8.97 Å². The summed E-state index contributed by atoms with van der Waals surface area (Å²) in [6.45, 7) is 4.95. The topological polar surface area (TPSA) is 0 Å². The third kappa shape index (κ3) is 4.22. The fraction of sp³-hybridized carbons (Fsp3) is 0.326. The monoisotopic (exact) mass is 660 g/mol. The summed E-state index contributed by atoms with van der Waals surface area (Å²) in [5, 5.41) is 5.53. The van der Waals surface area contributed by atoms with Crippen LogP contribution in [0.15, 0.2) is 131 Å². The maximum Gasteiger partial charge on any atom is 0.137 e. The molecule has 4 aromatic carbocycles. The van der Waals surface area contributed by atoms with Gasteiger partial charge in [-0.25, -0.2) is 0 Å². The van der Waals surface area contributed by atoms with Crippen molar-refractivity contribution in [3.05, 3.63) is 142 Å². The lowest BCUT2D eigenvalue weighted by Gasteiger charge is -2.35. The lowest BCUT2D eigenvalue weighted by atomic mass is 9.78. The molecule has 246 valence electrons. The molecule has 5 aliphatic rings. The van der Waals surface area contributed by atoms with E-state index in [9.17, 15) is 0 Å². The Bertz CT molecular complexity index is 2270. The summed E-state index contributed by atoms with van der Waals surface area (Å²) >= 11 is 6.16. The highest BCUT2D eigenvalue weighted by Gasteiger charge is 2.71. The molecular formula is C46H48N2S+2. The van der Waals surface area contributed by atoms with E-state index in [-0.39, 0.29) is 5.54 Å². The molecule has 1 spiro atoms. The van der Waals surface area contributed by atoms with Crippen molar-refractivity contribution < 1.29 is 0 Å². The molecule has 1 saturated carbocycles. The molecule has 1 fully saturated rings. The summed E-state index contributed by atoms with van der Waals surface area (Å²) in [6, 6.07) is 27.7. The van der Waals surface area contributed by atoms with E-state index in [0.29, 0.717) is 17.9 Å². The first-order valence-electron chi connectivity index (χ1n) is 18.3. The number of likely N-dealkylation sites (N-methyl/N-ethyl adjacent to an activating group) is 2. The fourth-order valence-corrected chi connectivity index (χ4v) is 11.2. The number of thiocarbonyl (C=S) groups is 1. The Morgan fingerprint density at radius 1 is 0.796 bits per heavy atom. The summed E-state index contributed by atoms with van der Waals surface area (Å²) in [7, 11) is 9.73. The summed E-state index contributed by atoms with van der Waals surface area (Å²) in [5.74, 6) is 0.874. The molecule has 2 nitrogen and oxygen atoms in total. The van der Waals surface area contributed by atoms with Crippen LogP contribution in [-0.4, -0.2) is 44.6 Å². The van der Waals surface area contributed by atoms with Crippen LogP contribution in [0.3, 0.4) is 0 Å². The van der Waals surface area contributed by atoms with E-state index in [1.165, 1.54) is 61.6 Å². The third-order valence-corrected chi connectivity index (χ3v) is 13.8.